The summed E-state index contributed by atoms with van der Waals surface area (Å²) in [7, 11) is 0. The number of carbonyl (C=O) groups excluding carboxylic acids is 1. The summed E-state index contributed by atoms with van der Waals surface area (Å²) < 4.78 is 0. The summed E-state index contributed by atoms with van der Waals surface area (Å²) in [6, 6.07) is 2.67. The number of hydrogen-bond acceptors (Lipinski definition) is 4. The minimum absolute atomic E-state index is 0.00501. The van der Waals surface area contributed by atoms with E-state index in [1.165, 1.54) is 6.20 Å². The maximum Gasteiger partial charge on any atom is 0.326 e. The molecule has 1 atom stereocenters. The minimum Gasteiger partial charge on any atom is -0.480 e. The molecule has 1 aromatic rings. The second-order valence-corrected chi connectivity index (χ2v) is 6.61. The van der Waals surface area contributed by atoms with Gasteiger partial charge in [0, 0.05) is 19.3 Å². The molecule has 0 radical (unpaired) electrons. The van der Waals surface area contributed by atoms with Crippen LogP contribution in [0.15, 0.2) is 18.3 Å². The molecule has 23 heavy (non-hydrogen) atoms. The van der Waals surface area contributed by atoms with Gasteiger partial charge in [-0.1, -0.05) is 20.8 Å². The van der Waals surface area contributed by atoms with Gasteiger partial charge >= 0.3 is 5.97 Å². The molecule has 1 fully saturated rings. The Bertz CT molecular complexity index is 549. The van der Waals surface area contributed by atoms with E-state index in [1.54, 1.807) is 12.1 Å². The summed E-state index contributed by atoms with van der Waals surface area (Å²) in [4.78, 5) is 29.7. The van der Waals surface area contributed by atoms with Crippen LogP contribution in [0.5, 0.6) is 0 Å². The number of hydrogen-bond donors (Lipinski definition) is 2. The fourth-order valence-electron chi connectivity index (χ4n) is 2.67. The van der Waals surface area contributed by atoms with Crippen molar-refractivity contribution in [1.82, 2.24) is 9.88 Å². The summed E-state index contributed by atoms with van der Waals surface area (Å²) in [5, 5.41) is 12.1. The third-order valence-corrected chi connectivity index (χ3v) is 4.32. The number of aliphatic carboxylic acids is 1. The van der Waals surface area contributed by atoms with Crippen molar-refractivity contribution >= 4 is 17.7 Å². The summed E-state index contributed by atoms with van der Waals surface area (Å²) in [5.41, 5.74) is 0.543. The number of likely N-dealkylation sites (tertiary alicyclic amines) is 1. The molecule has 0 aliphatic carbocycles. The molecule has 1 aliphatic heterocycles. The van der Waals surface area contributed by atoms with Gasteiger partial charge in [0.15, 0.2) is 0 Å². The largest absolute Gasteiger partial charge is 0.480 e. The van der Waals surface area contributed by atoms with Crippen LogP contribution in [0.25, 0.3) is 0 Å². The molecule has 2 rings (SSSR count). The van der Waals surface area contributed by atoms with Crippen molar-refractivity contribution in [3.63, 3.8) is 0 Å². The Balaban J connectivity index is 2.01. The molecular formula is C17H25N3O3. The van der Waals surface area contributed by atoms with Crippen molar-refractivity contribution in [3.05, 3.63) is 23.9 Å². The summed E-state index contributed by atoms with van der Waals surface area (Å²) in [5.74, 6) is 0.160. The summed E-state index contributed by atoms with van der Waals surface area (Å²) >= 11 is 0. The summed E-state index contributed by atoms with van der Waals surface area (Å²) in [6.07, 6.45) is 3.59. The van der Waals surface area contributed by atoms with E-state index in [-0.39, 0.29) is 11.8 Å². The molecule has 0 aromatic carbocycles. The molecule has 1 amide bonds. The smallest absolute Gasteiger partial charge is 0.326 e. The van der Waals surface area contributed by atoms with Crippen LogP contribution in [-0.2, 0) is 4.79 Å². The van der Waals surface area contributed by atoms with Gasteiger partial charge < -0.3 is 15.3 Å². The molecule has 1 saturated heterocycles. The van der Waals surface area contributed by atoms with Crippen LogP contribution in [0, 0.1) is 11.8 Å². The van der Waals surface area contributed by atoms with Crippen LogP contribution in [0.4, 0.5) is 5.82 Å². The maximum absolute atomic E-state index is 12.4. The van der Waals surface area contributed by atoms with E-state index in [4.69, 9.17) is 0 Å². The molecule has 2 N–H and O–H groups in total. The lowest BCUT2D eigenvalue weighted by atomic mass is 9.99. The van der Waals surface area contributed by atoms with E-state index < -0.39 is 12.0 Å². The standard InChI is InChI=1S/C17H25N3O3/c1-11(2)15(17(22)23)19-14-5-4-13(10-18-14)16(21)20-8-6-12(3)7-9-20/h4-5,10-12,15H,6-9H2,1-3H3,(H,18,19)(H,22,23)/t15-/m0/s1. The highest BCUT2D eigenvalue weighted by molar-refractivity contribution is 5.94. The molecular weight excluding hydrogens is 294 g/mol. The van der Waals surface area contributed by atoms with E-state index in [9.17, 15) is 14.7 Å². The molecule has 1 aliphatic rings. The van der Waals surface area contributed by atoms with Crippen LogP contribution < -0.4 is 5.32 Å². The van der Waals surface area contributed by atoms with E-state index in [0.717, 1.165) is 25.9 Å². The highest BCUT2D eigenvalue weighted by atomic mass is 16.4. The average molecular weight is 319 g/mol. The molecule has 2 heterocycles. The van der Waals surface area contributed by atoms with Gasteiger partial charge in [0.05, 0.1) is 5.56 Å². The quantitative estimate of drug-likeness (QED) is 0.871. The fraction of sp³-hybridized carbons (Fsp3) is 0.588. The zero-order chi connectivity index (χ0) is 17.0. The Morgan fingerprint density at radius 1 is 1.30 bits per heavy atom. The molecule has 0 spiro atoms. The number of carboxylic acids is 1. The maximum atomic E-state index is 12.4. The van der Waals surface area contributed by atoms with Gasteiger partial charge in [0.2, 0.25) is 0 Å². The van der Waals surface area contributed by atoms with Crippen LogP contribution >= 0.6 is 0 Å². The Hall–Kier alpha value is -2.11. The first-order valence-electron chi connectivity index (χ1n) is 8.13. The Labute approximate surface area is 136 Å². The van der Waals surface area contributed by atoms with Gasteiger partial charge in [0.1, 0.15) is 11.9 Å². The van der Waals surface area contributed by atoms with E-state index in [2.05, 4.69) is 17.2 Å². The lowest BCUT2D eigenvalue weighted by Gasteiger charge is -2.30. The highest BCUT2D eigenvalue weighted by Gasteiger charge is 2.23. The molecule has 6 heteroatoms. The Kier molecular flexibility index (Phi) is 5.58. The van der Waals surface area contributed by atoms with Crippen LogP contribution in [-0.4, -0.2) is 46.0 Å². The third kappa shape index (κ3) is 4.43. The van der Waals surface area contributed by atoms with E-state index in [1.807, 2.05) is 18.7 Å². The number of rotatable bonds is 5. The number of carbonyl (C=O) groups is 2. The second kappa shape index (κ2) is 7.44. The predicted molar refractivity (Wildman–Crippen MR) is 88.4 cm³/mol. The molecule has 0 bridgehead atoms. The van der Waals surface area contributed by atoms with E-state index >= 15 is 0 Å². The average Bonchev–Trinajstić information content (AvgIpc) is 2.52. The minimum atomic E-state index is -0.913. The van der Waals surface area contributed by atoms with Crippen molar-refractivity contribution in [3.8, 4) is 0 Å². The first-order valence-corrected chi connectivity index (χ1v) is 8.13. The number of amides is 1. The zero-order valence-electron chi connectivity index (χ0n) is 14.0. The lowest BCUT2D eigenvalue weighted by Crippen LogP contribution is -2.38. The lowest BCUT2D eigenvalue weighted by molar-refractivity contribution is -0.138. The summed E-state index contributed by atoms with van der Waals surface area (Å²) in [6.45, 7) is 7.45. The highest BCUT2D eigenvalue weighted by Crippen LogP contribution is 2.18. The fourth-order valence-corrected chi connectivity index (χ4v) is 2.67. The van der Waals surface area contributed by atoms with Crippen molar-refractivity contribution < 1.29 is 14.7 Å². The number of piperidine rings is 1. The van der Waals surface area contributed by atoms with Crippen LogP contribution in [0.3, 0.4) is 0 Å². The molecule has 1 aromatic heterocycles. The van der Waals surface area contributed by atoms with Crippen molar-refractivity contribution in [2.45, 2.75) is 39.7 Å². The van der Waals surface area contributed by atoms with Crippen LogP contribution in [0.2, 0.25) is 0 Å². The monoisotopic (exact) mass is 319 g/mol. The van der Waals surface area contributed by atoms with Crippen LogP contribution in [0.1, 0.15) is 44.0 Å². The number of anilines is 1. The number of carboxylic acid groups (broad SMARTS) is 1. The van der Waals surface area contributed by atoms with Gasteiger partial charge in [-0.15, -0.1) is 0 Å². The number of pyridine rings is 1. The molecule has 0 saturated carbocycles. The Morgan fingerprint density at radius 2 is 1.96 bits per heavy atom. The zero-order valence-corrected chi connectivity index (χ0v) is 14.0. The first-order chi connectivity index (χ1) is 10.9. The normalized spacial score (nSPS) is 17.1. The number of aromatic nitrogens is 1. The van der Waals surface area contributed by atoms with Crippen molar-refractivity contribution in [2.24, 2.45) is 11.8 Å². The Morgan fingerprint density at radius 3 is 2.43 bits per heavy atom. The molecule has 126 valence electrons. The number of nitrogens with one attached hydrogen (secondary N) is 1. The van der Waals surface area contributed by atoms with Crippen molar-refractivity contribution in [2.75, 3.05) is 18.4 Å². The predicted octanol–water partition coefficient (Wildman–Crippen LogP) is 2.47. The van der Waals surface area contributed by atoms with Gasteiger partial charge in [-0.2, -0.15) is 0 Å². The SMILES string of the molecule is CC1CCN(C(=O)c2ccc(N[C@H](C(=O)O)C(C)C)nc2)CC1. The van der Waals surface area contributed by atoms with Crippen molar-refractivity contribution in [1.29, 1.82) is 0 Å². The molecule has 0 unspecified atom stereocenters. The van der Waals surface area contributed by atoms with Gasteiger partial charge in [0.25, 0.3) is 5.91 Å². The topological polar surface area (TPSA) is 82.5 Å². The van der Waals surface area contributed by atoms with Gasteiger partial charge in [-0.25, -0.2) is 9.78 Å². The van der Waals surface area contributed by atoms with Gasteiger partial charge in [-0.05, 0) is 36.8 Å². The third-order valence-electron chi connectivity index (χ3n) is 4.32. The molecule has 6 nitrogen and oxygen atoms in total. The second-order valence-electron chi connectivity index (χ2n) is 6.61. The van der Waals surface area contributed by atoms with Gasteiger partial charge in [-0.3, -0.25) is 4.79 Å². The number of nitrogens with zero attached hydrogens (tertiary/aromatic N) is 2. The first kappa shape index (κ1) is 17.2. The van der Waals surface area contributed by atoms with E-state index in [0.29, 0.717) is 17.3 Å².